The standard InChI is InChI=1S/C15H12BrNO5/c16-9-1-4-11(5-2-9)22-8-14(19)17-13-6-3-10(18)7-12(13)15(20)21/h1-7,18H,8H2,(H,17,19)(H,20,21)/p-1. The Hall–Kier alpha value is -2.54. The van der Waals surface area contributed by atoms with Crippen molar-refractivity contribution in [3.8, 4) is 11.5 Å². The van der Waals surface area contributed by atoms with Crippen molar-refractivity contribution >= 4 is 33.5 Å². The number of amides is 1. The van der Waals surface area contributed by atoms with Gasteiger partial charge < -0.3 is 20.3 Å². The van der Waals surface area contributed by atoms with Crippen LogP contribution in [-0.2, 0) is 4.79 Å². The van der Waals surface area contributed by atoms with E-state index in [1.54, 1.807) is 24.3 Å². The Balaban J connectivity index is 2.00. The molecule has 0 radical (unpaired) electrons. The summed E-state index contributed by atoms with van der Waals surface area (Å²) in [6.45, 7) is -0.278. The quantitative estimate of drug-likeness (QED) is 0.847. The molecule has 0 saturated carbocycles. The smallest absolute Gasteiger partial charge is 0.337 e. The van der Waals surface area contributed by atoms with Gasteiger partial charge in [0.15, 0.2) is 6.61 Å². The summed E-state index contributed by atoms with van der Waals surface area (Å²) in [7, 11) is 0. The number of carbonyl (C=O) groups is 2. The van der Waals surface area contributed by atoms with E-state index in [1.165, 1.54) is 12.1 Å². The molecule has 0 bridgehead atoms. The van der Waals surface area contributed by atoms with E-state index in [0.717, 1.165) is 10.5 Å². The maximum Gasteiger partial charge on any atom is 0.337 e. The summed E-state index contributed by atoms with van der Waals surface area (Å²) in [6, 6.07) is 10.3. The number of carbonyl (C=O) groups excluding carboxylic acids is 1. The number of halogens is 1. The number of hydrogen-bond donors (Lipinski definition) is 2. The van der Waals surface area contributed by atoms with Gasteiger partial charge in [0.1, 0.15) is 5.75 Å². The van der Waals surface area contributed by atoms with Crippen molar-refractivity contribution in [1.29, 1.82) is 0 Å². The minimum Gasteiger partial charge on any atom is -0.872 e. The van der Waals surface area contributed by atoms with Crippen molar-refractivity contribution < 1.29 is 24.5 Å². The first-order valence-electron chi connectivity index (χ1n) is 6.18. The van der Waals surface area contributed by atoms with Crippen LogP contribution in [0.1, 0.15) is 10.4 Å². The van der Waals surface area contributed by atoms with Crippen molar-refractivity contribution in [3.63, 3.8) is 0 Å². The molecule has 2 N–H and O–H groups in total. The molecule has 0 aliphatic heterocycles. The lowest BCUT2D eigenvalue weighted by Gasteiger charge is -2.12. The molecule has 22 heavy (non-hydrogen) atoms. The molecule has 114 valence electrons. The van der Waals surface area contributed by atoms with Gasteiger partial charge in [-0.05, 0) is 30.3 Å². The van der Waals surface area contributed by atoms with Crippen LogP contribution in [0, 0.1) is 0 Å². The van der Waals surface area contributed by atoms with E-state index >= 15 is 0 Å². The van der Waals surface area contributed by atoms with E-state index in [2.05, 4.69) is 21.2 Å². The van der Waals surface area contributed by atoms with Gasteiger partial charge in [-0.2, -0.15) is 0 Å². The molecule has 2 rings (SSSR count). The fourth-order valence-electron chi connectivity index (χ4n) is 1.68. The first kappa shape index (κ1) is 15.8. The number of hydrogen-bond acceptors (Lipinski definition) is 4. The third-order valence-electron chi connectivity index (χ3n) is 2.68. The lowest BCUT2D eigenvalue weighted by molar-refractivity contribution is -0.268. The molecule has 0 fully saturated rings. The molecular weight excluding hydrogens is 354 g/mol. The third kappa shape index (κ3) is 4.23. The Labute approximate surface area is 134 Å². The molecule has 6 nitrogen and oxygen atoms in total. The van der Waals surface area contributed by atoms with Crippen molar-refractivity contribution in [2.45, 2.75) is 0 Å². The second-order valence-electron chi connectivity index (χ2n) is 4.30. The zero-order chi connectivity index (χ0) is 16.1. The predicted molar refractivity (Wildman–Crippen MR) is 81.1 cm³/mol. The second kappa shape index (κ2) is 6.95. The molecule has 0 aromatic heterocycles. The van der Waals surface area contributed by atoms with Crippen LogP contribution in [0.4, 0.5) is 5.69 Å². The van der Waals surface area contributed by atoms with Crippen LogP contribution in [-0.4, -0.2) is 23.6 Å². The van der Waals surface area contributed by atoms with E-state index in [4.69, 9.17) is 9.84 Å². The van der Waals surface area contributed by atoms with Crippen LogP contribution in [0.25, 0.3) is 0 Å². The van der Waals surface area contributed by atoms with E-state index in [0.29, 0.717) is 5.75 Å². The average molecular weight is 365 g/mol. The van der Waals surface area contributed by atoms with Crippen LogP contribution in [0.5, 0.6) is 11.5 Å². The molecular formula is C15H11BrNO5-. The molecule has 0 heterocycles. The zero-order valence-electron chi connectivity index (χ0n) is 11.2. The number of nitrogens with one attached hydrogen (secondary N) is 1. The van der Waals surface area contributed by atoms with Gasteiger partial charge in [0.05, 0.1) is 11.3 Å². The van der Waals surface area contributed by atoms with Gasteiger partial charge in [-0.3, -0.25) is 4.79 Å². The highest BCUT2D eigenvalue weighted by atomic mass is 79.9. The maximum absolute atomic E-state index is 11.8. The molecule has 2 aromatic rings. The van der Waals surface area contributed by atoms with Crippen LogP contribution in [0.2, 0.25) is 0 Å². The number of carboxylic acid groups (broad SMARTS) is 1. The molecule has 7 heteroatoms. The predicted octanol–water partition coefficient (Wildman–Crippen LogP) is 2.24. The minimum absolute atomic E-state index is 0.0523. The summed E-state index contributed by atoms with van der Waals surface area (Å²) in [5.74, 6) is -1.75. The molecule has 2 aromatic carbocycles. The maximum atomic E-state index is 11.8. The molecule has 0 spiro atoms. The number of rotatable bonds is 5. The van der Waals surface area contributed by atoms with Crippen molar-refractivity contribution in [2.24, 2.45) is 0 Å². The summed E-state index contributed by atoms with van der Waals surface area (Å²) in [4.78, 5) is 22.8. The monoisotopic (exact) mass is 364 g/mol. The lowest BCUT2D eigenvalue weighted by atomic mass is 10.1. The van der Waals surface area contributed by atoms with Crippen molar-refractivity contribution in [1.82, 2.24) is 0 Å². The van der Waals surface area contributed by atoms with Gasteiger partial charge in [-0.25, -0.2) is 4.79 Å². The summed E-state index contributed by atoms with van der Waals surface area (Å²) in [5.41, 5.74) is -0.207. The SMILES string of the molecule is O=C(COc1ccc(Br)cc1)Nc1ccc([O-])cc1C(=O)O. The normalized spacial score (nSPS) is 10.0. The fourth-order valence-corrected chi connectivity index (χ4v) is 1.94. The first-order chi connectivity index (χ1) is 10.5. The van der Waals surface area contributed by atoms with Gasteiger partial charge >= 0.3 is 5.97 Å². The molecule has 0 atom stereocenters. The first-order valence-corrected chi connectivity index (χ1v) is 6.97. The molecule has 0 aliphatic carbocycles. The van der Waals surface area contributed by atoms with Gasteiger partial charge in [0.25, 0.3) is 5.91 Å². The highest BCUT2D eigenvalue weighted by molar-refractivity contribution is 9.10. The topological polar surface area (TPSA) is 98.7 Å². The summed E-state index contributed by atoms with van der Waals surface area (Å²) in [6.07, 6.45) is 0. The Morgan fingerprint density at radius 1 is 1.18 bits per heavy atom. The van der Waals surface area contributed by atoms with Crippen molar-refractivity contribution in [3.05, 3.63) is 52.5 Å². The Morgan fingerprint density at radius 3 is 2.50 bits per heavy atom. The van der Waals surface area contributed by atoms with E-state index < -0.39 is 17.6 Å². The van der Waals surface area contributed by atoms with E-state index in [1.807, 2.05) is 0 Å². The number of benzene rings is 2. The van der Waals surface area contributed by atoms with Gasteiger partial charge in [-0.15, -0.1) is 5.75 Å². The van der Waals surface area contributed by atoms with Crippen molar-refractivity contribution in [2.75, 3.05) is 11.9 Å². The number of carboxylic acids is 1. The van der Waals surface area contributed by atoms with E-state index in [9.17, 15) is 14.7 Å². The highest BCUT2D eigenvalue weighted by Gasteiger charge is 2.12. The van der Waals surface area contributed by atoms with Gasteiger partial charge in [0.2, 0.25) is 0 Å². The summed E-state index contributed by atoms with van der Waals surface area (Å²) < 4.78 is 6.16. The third-order valence-corrected chi connectivity index (χ3v) is 3.21. The van der Waals surface area contributed by atoms with Crippen LogP contribution >= 0.6 is 15.9 Å². The van der Waals surface area contributed by atoms with Crippen LogP contribution < -0.4 is 15.2 Å². The Kier molecular flexibility index (Phi) is 5.00. The molecule has 0 aliphatic rings. The largest absolute Gasteiger partial charge is 0.872 e. The number of ether oxygens (including phenoxy) is 1. The van der Waals surface area contributed by atoms with Crippen LogP contribution in [0.15, 0.2) is 46.9 Å². The fraction of sp³-hybridized carbons (Fsp3) is 0.0667. The van der Waals surface area contributed by atoms with E-state index in [-0.39, 0.29) is 17.9 Å². The Morgan fingerprint density at radius 2 is 1.86 bits per heavy atom. The lowest BCUT2D eigenvalue weighted by Crippen LogP contribution is -2.21. The van der Waals surface area contributed by atoms with Gasteiger partial charge in [0, 0.05) is 4.47 Å². The molecule has 1 amide bonds. The highest BCUT2D eigenvalue weighted by Crippen LogP contribution is 2.20. The molecule has 0 saturated heterocycles. The Bertz CT molecular complexity index is 700. The summed E-state index contributed by atoms with van der Waals surface area (Å²) in [5, 5.41) is 22.6. The minimum atomic E-state index is -1.29. The second-order valence-corrected chi connectivity index (χ2v) is 5.22. The molecule has 0 unspecified atom stereocenters. The average Bonchev–Trinajstić information content (AvgIpc) is 2.48. The number of aromatic carboxylic acids is 1. The summed E-state index contributed by atoms with van der Waals surface area (Å²) >= 11 is 3.28. The number of anilines is 1. The van der Waals surface area contributed by atoms with Gasteiger partial charge in [-0.1, -0.05) is 28.1 Å². The van der Waals surface area contributed by atoms with Crippen LogP contribution in [0.3, 0.4) is 0 Å². The zero-order valence-corrected chi connectivity index (χ0v) is 12.8.